The van der Waals surface area contributed by atoms with Crippen LogP contribution in [0, 0.1) is 0 Å². The van der Waals surface area contributed by atoms with E-state index in [1.54, 1.807) is 6.92 Å². The van der Waals surface area contributed by atoms with Crippen molar-refractivity contribution >= 4 is 11.9 Å². The zero-order chi connectivity index (χ0) is 12.6. The number of carbonyl (C=O) groups excluding carboxylic acids is 1. The molecular formula is C11H22N2O3. The smallest absolute Gasteiger partial charge is 0.327 e. The molecule has 0 aromatic rings. The number of carboxylic acids is 1. The number of hydrogen-bond acceptors (Lipinski definition) is 3. The lowest BCUT2D eigenvalue weighted by Gasteiger charge is -2.17. The van der Waals surface area contributed by atoms with E-state index >= 15 is 0 Å². The van der Waals surface area contributed by atoms with Gasteiger partial charge in [-0.1, -0.05) is 26.2 Å². The van der Waals surface area contributed by atoms with Crippen molar-refractivity contribution < 1.29 is 14.7 Å². The fraction of sp³-hybridized carbons (Fsp3) is 0.818. The Balaban J connectivity index is 3.87. The predicted molar refractivity (Wildman–Crippen MR) is 62.0 cm³/mol. The Morgan fingerprint density at radius 2 is 1.94 bits per heavy atom. The van der Waals surface area contributed by atoms with Gasteiger partial charge < -0.3 is 16.2 Å². The van der Waals surface area contributed by atoms with Gasteiger partial charge >= 0.3 is 5.97 Å². The standard InChI is InChI=1S/C11H22N2O3/c1-3-4-5-6-7-9(14)13-10(8(2)12)11(15)16/h8,10H,3-7,12H2,1-2H3,(H,13,14)(H,15,16)/t8-,10-/m1/s1. The zero-order valence-corrected chi connectivity index (χ0v) is 10.0. The van der Waals surface area contributed by atoms with Gasteiger partial charge in [-0.25, -0.2) is 4.79 Å². The van der Waals surface area contributed by atoms with E-state index in [1.807, 2.05) is 0 Å². The van der Waals surface area contributed by atoms with Crippen molar-refractivity contribution in [2.24, 2.45) is 5.73 Å². The molecule has 0 fully saturated rings. The second kappa shape index (κ2) is 8.10. The third-order valence-electron chi connectivity index (χ3n) is 2.37. The van der Waals surface area contributed by atoms with Gasteiger partial charge in [0.05, 0.1) is 0 Å². The Labute approximate surface area is 96.4 Å². The Hall–Kier alpha value is -1.10. The zero-order valence-electron chi connectivity index (χ0n) is 10.0. The van der Waals surface area contributed by atoms with Crippen LogP contribution in [0.15, 0.2) is 0 Å². The van der Waals surface area contributed by atoms with Gasteiger partial charge in [-0.15, -0.1) is 0 Å². The molecule has 0 radical (unpaired) electrons. The van der Waals surface area contributed by atoms with E-state index in [0.29, 0.717) is 6.42 Å². The van der Waals surface area contributed by atoms with Crippen LogP contribution in [0.3, 0.4) is 0 Å². The Morgan fingerprint density at radius 3 is 2.38 bits per heavy atom. The third-order valence-corrected chi connectivity index (χ3v) is 2.37. The fourth-order valence-electron chi connectivity index (χ4n) is 1.38. The Morgan fingerprint density at radius 1 is 1.31 bits per heavy atom. The van der Waals surface area contributed by atoms with Crippen molar-refractivity contribution in [1.82, 2.24) is 5.32 Å². The first-order chi connectivity index (χ1) is 7.49. The van der Waals surface area contributed by atoms with Gasteiger partial charge in [0.25, 0.3) is 0 Å². The average molecular weight is 230 g/mol. The first-order valence-corrected chi connectivity index (χ1v) is 5.76. The molecule has 0 aromatic heterocycles. The highest BCUT2D eigenvalue weighted by molar-refractivity contribution is 5.83. The second-order valence-corrected chi connectivity index (χ2v) is 4.05. The second-order valence-electron chi connectivity index (χ2n) is 4.05. The predicted octanol–water partition coefficient (Wildman–Crippen LogP) is 0.873. The Bertz CT molecular complexity index is 229. The maximum absolute atomic E-state index is 11.4. The van der Waals surface area contributed by atoms with E-state index in [-0.39, 0.29) is 5.91 Å². The van der Waals surface area contributed by atoms with Crippen LogP contribution in [0.25, 0.3) is 0 Å². The molecule has 0 bridgehead atoms. The summed E-state index contributed by atoms with van der Waals surface area (Å²) in [6, 6.07) is -1.57. The average Bonchev–Trinajstić information content (AvgIpc) is 2.20. The molecule has 0 spiro atoms. The maximum Gasteiger partial charge on any atom is 0.327 e. The lowest BCUT2D eigenvalue weighted by atomic mass is 10.1. The minimum absolute atomic E-state index is 0.235. The van der Waals surface area contributed by atoms with Crippen LogP contribution in [0.2, 0.25) is 0 Å². The summed E-state index contributed by atoms with van der Waals surface area (Å²) in [6.45, 7) is 3.66. The number of hydrogen-bond donors (Lipinski definition) is 3. The number of nitrogens with two attached hydrogens (primary N) is 1. The molecule has 0 rings (SSSR count). The number of rotatable bonds is 8. The molecule has 0 aliphatic heterocycles. The maximum atomic E-state index is 11.4. The normalized spacial score (nSPS) is 14.2. The molecule has 1 amide bonds. The number of carbonyl (C=O) groups is 2. The highest BCUT2D eigenvalue weighted by Gasteiger charge is 2.23. The van der Waals surface area contributed by atoms with Crippen molar-refractivity contribution in [1.29, 1.82) is 0 Å². The quantitative estimate of drug-likeness (QED) is 0.539. The lowest BCUT2D eigenvalue weighted by molar-refractivity contribution is -0.142. The fourth-order valence-corrected chi connectivity index (χ4v) is 1.38. The lowest BCUT2D eigenvalue weighted by Crippen LogP contribution is -2.51. The molecule has 2 atom stereocenters. The van der Waals surface area contributed by atoms with Crippen LogP contribution in [0.4, 0.5) is 0 Å². The van der Waals surface area contributed by atoms with Crippen LogP contribution in [-0.2, 0) is 9.59 Å². The molecule has 0 aliphatic rings. The van der Waals surface area contributed by atoms with Gasteiger partial charge in [0.2, 0.25) is 5.91 Å². The molecule has 0 saturated heterocycles. The van der Waals surface area contributed by atoms with E-state index in [1.165, 1.54) is 0 Å². The van der Waals surface area contributed by atoms with Gasteiger partial charge in [0.15, 0.2) is 0 Å². The number of aliphatic carboxylic acids is 1. The summed E-state index contributed by atoms with van der Waals surface area (Å²) in [4.78, 5) is 22.2. The van der Waals surface area contributed by atoms with Crippen molar-refractivity contribution in [3.63, 3.8) is 0 Å². The van der Waals surface area contributed by atoms with Crippen molar-refractivity contribution in [2.45, 2.75) is 58.0 Å². The van der Waals surface area contributed by atoms with Crippen LogP contribution in [0.5, 0.6) is 0 Å². The number of unbranched alkanes of at least 4 members (excludes halogenated alkanes) is 3. The molecule has 0 saturated carbocycles. The first kappa shape index (κ1) is 14.9. The van der Waals surface area contributed by atoms with Gasteiger partial charge in [-0.2, -0.15) is 0 Å². The number of amides is 1. The molecule has 5 heteroatoms. The minimum Gasteiger partial charge on any atom is -0.480 e. The SMILES string of the molecule is CCCCCCC(=O)N[C@@H](C(=O)O)[C@@H](C)N. The van der Waals surface area contributed by atoms with Gasteiger partial charge in [-0.05, 0) is 13.3 Å². The molecular weight excluding hydrogens is 208 g/mol. The summed E-state index contributed by atoms with van der Waals surface area (Å²) in [5.41, 5.74) is 5.47. The summed E-state index contributed by atoms with van der Waals surface area (Å²) < 4.78 is 0. The van der Waals surface area contributed by atoms with Gasteiger partial charge in [0, 0.05) is 12.5 Å². The monoisotopic (exact) mass is 230 g/mol. The third kappa shape index (κ3) is 6.40. The van der Waals surface area contributed by atoms with Crippen molar-refractivity contribution in [3.8, 4) is 0 Å². The van der Waals surface area contributed by atoms with E-state index in [4.69, 9.17) is 10.8 Å². The van der Waals surface area contributed by atoms with Crippen molar-refractivity contribution in [3.05, 3.63) is 0 Å². The minimum atomic E-state index is -1.09. The van der Waals surface area contributed by atoms with E-state index < -0.39 is 18.1 Å². The van der Waals surface area contributed by atoms with Crippen LogP contribution < -0.4 is 11.1 Å². The largest absolute Gasteiger partial charge is 0.480 e. The molecule has 94 valence electrons. The van der Waals surface area contributed by atoms with E-state index in [9.17, 15) is 9.59 Å². The first-order valence-electron chi connectivity index (χ1n) is 5.76. The van der Waals surface area contributed by atoms with E-state index in [0.717, 1.165) is 25.7 Å². The summed E-state index contributed by atoms with van der Waals surface area (Å²) in [5.74, 6) is -1.32. The van der Waals surface area contributed by atoms with Gasteiger partial charge in [-0.3, -0.25) is 4.79 Å². The highest BCUT2D eigenvalue weighted by atomic mass is 16.4. The molecule has 16 heavy (non-hydrogen) atoms. The molecule has 0 aliphatic carbocycles. The molecule has 4 N–H and O–H groups in total. The van der Waals surface area contributed by atoms with Crippen LogP contribution in [0.1, 0.15) is 46.0 Å². The Kier molecular flexibility index (Phi) is 7.54. The number of nitrogens with one attached hydrogen (secondary N) is 1. The van der Waals surface area contributed by atoms with Crippen LogP contribution >= 0.6 is 0 Å². The summed E-state index contributed by atoms with van der Waals surface area (Å²) in [5, 5.41) is 11.2. The number of carboxylic acid groups (broad SMARTS) is 1. The summed E-state index contributed by atoms with van der Waals surface area (Å²) in [6.07, 6.45) is 4.38. The van der Waals surface area contributed by atoms with Gasteiger partial charge in [0.1, 0.15) is 6.04 Å². The molecule has 5 nitrogen and oxygen atoms in total. The molecule has 0 unspecified atom stereocenters. The highest BCUT2D eigenvalue weighted by Crippen LogP contribution is 2.02. The van der Waals surface area contributed by atoms with E-state index in [2.05, 4.69) is 12.2 Å². The molecule has 0 heterocycles. The van der Waals surface area contributed by atoms with Crippen molar-refractivity contribution in [2.75, 3.05) is 0 Å². The summed E-state index contributed by atoms with van der Waals surface area (Å²) >= 11 is 0. The van der Waals surface area contributed by atoms with Crippen LogP contribution in [-0.4, -0.2) is 29.1 Å². The summed E-state index contributed by atoms with van der Waals surface area (Å²) in [7, 11) is 0. The molecule has 0 aromatic carbocycles. The topological polar surface area (TPSA) is 92.4 Å².